The monoisotopic (exact) mass is 1100 g/mol. The van der Waals surface area contributed by atoms with E-state index >= 15 is 0 Å². The fourth-order valence-electron chi connectivity index (χ4n) is 10.7. The Balaban J connectivity index is 1.37. The first-order valence-electron chi connectivity index (χ1n) is 30.3. The molecule has 76 heavy (non-hydrogen) atoms. The van der Waals surface area contributed by atoms with E-state index in [0.717, 1.165) is 57.8 Å². The van der Waals surface area contributed by atoms with Crippen LogP contribution in [-0.4, -0.2) is 193 Å². The minimum Gasteiger partial charge on any atom is -0.394 e. The molecule has 3 heterocycles. The summed E-state index contributed by atoms with van der Waals surface area (Å²) in [4.78, 5) is 13.2. The van der Waals surface area contributed by atoms with E-state index in [1.54, 1.807) is 0 Å². The SMILES string of the molecule is CCCCCCCCCCCCCCCCCCCCCCCCCCCC(=O)NC(COC1OC(CO)C(OC2OC(CO)C(OC3OC(CO)C(O)C(O)C3O)C(O)C2O)C(O)C1O)C(O)CCCCCCCC. The Morgan fingerprint density at radius 2 is 0.750 bits per heavy atom. The summed E-state index contributed by atoms with van der Waals surface area (Å²) in [6.07, 6.45) is 12.6. The van der Waals surface area contributed by atoms with Gasteiger partial charge >= 0.3 is 0 Å². The first kappa shape index (κ1) is 69.1. The second-order valence-electron chi connectivity index (χ2n) is 22.2. The van der Waals surface area contributed by atoms with Gasteiger partial charge in [-0.2, -0.15) is 0 Å². The predicted octanol–water partition coefficient (Wildman–Crippen LogP) is 5.21. The minimum absolute atomic E-state index is 0.244. The summed E-state index contributed by atoms with van der Waals surface area (Å²) in [6.45, 7) is 1.72. The van der Waals surface area contributed by atoms with Gasteiger partial charge in [0.15, 0.2) is 18.9 Å². The Morgan fingerprint density at radius 3 is 1.14 bits per heavy atom. The predicted molar refractivity (Wildman–Crippen MR) is 287 cm³/mol. The molecule has 0 aromatic rings. The standard InChI is InChI=1S/C57H109NO18/c1-3-5-7-9-11-12-13-14-15-16-17-18-19-20-21-22-23-24-25-26-27-28-29-31-33-35-45(63)58-40(41(62)34-32-30-10-8-6-4-2)39-71-55-51(69)48(66)53(43(37-60)73-55)76-57-52(70)49(67)54(44(38-61)74-57)75-56-50(68)47(65)46(64)42(36-59)72-56/h40-44,46-57,59-62,64-70H,3-39H2,1-2H3,(H,58,63). The van der Waals surface area contributed by atoms with E-state index in [4.69, 9.17) is 28.4 Å². The molecule has 3 aliphatic heterocycles. The molecule has 0 saturated carbocycles. The van der Waals surface area contributed by atoms with E-state index in [-0.39, 0.29) is 18.9 Å². The smallest absolute Gasteiger partial charge is 0.220 e. The average Bonchev–Trinajstić information content (AvgIpc) is 3.42. The van der Waals surface area contributed by atoms with Gasteiger partial charge in [-0.1, -0.05) is 206 Å². The lowest BCUT2D eigenvalue weighted by molar-refractivity contribution is -0.379. The van der Waals surface area contributed by atoms with Crippen molar-refractivity contribution in [3.63, 3.8) is 0 Å². The van der Waals surface area contributed by atoms with Crippen molar-refractivity contribution in [2.24, 2.45) is 0 Å². The van der Waals surface area contributed by atoms with Gasteiger partial charge < -0.3 is 89.9 Å². The third-order valence-electron chi connectivity index (χ3n) is 15.7. The molecular weight excluding hydrogens is 987 g/mol. The van der Waals surface area contributed by atoms with Crippen LogP contribution in [0.15, 0.2) is 0 Å². The highest BCUT2D eigenvalue weighted by molar-refractivity contribution is 5.76. The molecule has 3 fully saturated rings. The lowest BCUT2D eigenvalue weighted by atomic mass is 9.96. The molecule has 3 rings (SSSR count). The molecule has 12 N–H and O–H groups in total. The van der Waals surface area contributed by atoms with E-state index in [0.29, 0.717) is 12.8 Å². The molecular formula is C57H109NO18. The van der Waals surface area contributed by atoms with Gasteiger partial charge in [0, 0.05) is 6.42 Å². The van der Waals surface area contributed by atoms with Crippen LogP contribution in [-0.2, 0) is 33.2 Å². The molecule has 3 aliphatic rings. The molecule has 19 heteroatoms. The zero-order chi connectivity index (χ0) is 55.5. The highest BCUT2D eigenvalue weighted by Crippen LogP contribution is 2.33. The second kappa shape index (κ2) is 41.7. The van der Waals surface area contributed by atoms with Crippen LogP contribution in [0.1, 0.15) is 226 Å². The van der Waals surface area contributed by atoms with Crippen LogP contribution in [0.2, 0.25) is 0 Å². The highest BCUT2D eigenvalue weighted by atomic mass is 16.8. The van der Waals surface area contributed by atoms with Crippen molar-refractivity contribution >= 4 is 5.91 Å². The number of carbonyl (C=O) groups excluding carboxylic acids is 1. The topological polar surface area (TPSA) is 307 Å². The van der Waals surface area contributed by atoms with Crippen LogP contribution < -0.4 is 5.32 Å². The number of aliphatic hydroxyl groups excluding tert-OH is 11. The van der Waals surface area contributed by atoms with E-state index in [1.807, 2.05) is 0 Å². The molecule has 0 aliphatic carbocycles. The zero-order valence-electron chi connectivity index (χ0n) is 46.8. The molecule has 0 aromatic heterocycles. The first-order valence-corrected chi connectivity index (χ1v) is 30.3. The third-order valence-corrected chi connectivity index (χ3v) is 15.7. The lowest BCUT2D eigenvalue weighted by Gasteiger charge is -2.48. The van der Waals surface area contributed by atoms with Gasteiger partial charge in [-0.25, -0.2) is 0 Å². The van der Waals surface area contributed by atoms with Crippen LogP contribution in [0.5, 0.6) is 0 Å². The highest BCUT2D eigenvalue weighted by Gasteiger charge is 2.53. The minimum atomic E-state index is -1.97. The number of aliphatic hydroxyl groups is 11. The fourth-order valence-corrected chi connectivity index (χ4v) is 10.7. The van der Waals surface area contributed by atoms with Crippen LogP contribution in [0.4, 0.5) is 0 Å². The molecule has 0 radical (unpaired) electrons. The second-order valence-corrected chi connectivity index (χ2v) is 22.2. The summed E-state index contributed by atoms with van der Waals surface area (Å²) < 4.78 is 34.2. The molecule has 19 nitrogen and oxygen atoms in total. The Labute approximate surface area is 455 Å². The van der Waals surface area contributed by atoms with E-state index in [1.165, 1.54) is 135 Å². The van der Waals surface area contributed by atoms with Gasteiger partial charge in [0.25, 0.3) is 0 Å². The molecule has 17 atom stereocenters. The van der Waals surface area contributed by atoms with Gasteiger partial charge in [0.1, 0.15) is 73.2 Å². The van der Waals surface area contributed by atoms with Crippen molar-refractivity contribution in [2.45, 2.75) is 330 Å². The number of unbranched alkanes of at least 4 members (excludes halogenated alkanes) is 29. The Hall–Kier alpha value is -1.21. The molecule has 0 spiro atoms. The van der Waals surface area contributed by atoms with Crippen molar-refractivity contribution in [3.8, 4) is 0 Å². The summed E-state index contributed by atoms with van der Waals surface area (Å²) in [6, 6.07) is -0.877. The molecule has 0 bridgehead atoms. The maximum atomic E-state index is 13.2. The molecule has 3 saturated heterocycles. The van der Waals surface area contributed by atoms with Crippen molar-refractivity contribution in [3.05, 3.63) is 0 Å². The van der Waals surface area contributed by atoms with Crippen molar-refractivity contribution < 1.29 is 89.4 Å². The summed E-state index contributed by atoms with van der Waals surface area (Å²) in [5, 5.41) is 120. The van der Waals surface area contributed by atoms with Crippen molar-refractivity contribution in [1.29, 1.82) is 0 Å². The van der Waals surface area contributed by atoms with Crippen LogP contribution in [0, 0.1) is 0 Å². The van der Waals surface area contributed by atoms with Gasteiger partial charge in [0.2, 0.25) is 5.91 Å². The Bertz CT molecular complexity index is 1400. The molecule has 0 aromatic carbocycles. The number of amides is 1. The molecule has 17 unspecified atom stereocenters. The van der Waals surface area contributed by atoms with Gasteiger partial charge in [-0.3, -0.25) is 4.79 Å². The van der Waals surface area contributed by atoms with Crippen LogP contribution in [0.3, 0.4) is 0 Å². The largest absolute Gasteiger partial charge is 0.394 e. The van der Waals surface area contributed by atoms with Crippen LogP contribution in [0.25, 0.3) is 0 Å². The number of ether oxygens (including phenoxy) is 6. The Kier molecular flexibility index (Phi) is 37.9. The van der Waals surface area contributed by atoms with Crippen molar-refractivity contribution in [1.82, 2.24) is 5.32 Å². The summed E-state index contributed by atoms with van der Waals surface area (Å²) in [5.74, 6) is -0.244. The maximum absolute atomic E-state index is 13.2. The van der Waals surface area contributed by atoms with Crippen molar-refractivity contribution in [2.75, 3.05) is 26.4 Å². The number of nitrogens with one attached hydrogen (secondary N) is 1. The quantitative estimate of drug-likeness (QED) is 0.0348. The van der Waals surface area contributed by atoms with E-state index < -0.39 is 124 Å². The third kappa shape index (κ3) is 25.7. The summed E-state index contributed by atoms with van der Waals surface area (Å²) >= 11 is 0. The van der Waals surface area contributed by atoms with Gasteiger partial charge in [0.05, 0.1) is 38.6 Å². The Morgan fingerprint density at radius 1 is 0.421 bits per heavy atom. The van der Waals surface area contributed by atoms with E-state index in [2.05, 4.69) is 19.2 Å². The number of hydrogen-bond acceptors (Lipinski definition) is 18. The average molecular weight is 1100 g/mol. The normalized spacial score (nSPS) is 30.9. The molecule has 450 valence electrons. The van der Waals surface area contributed by atoms with Gasteiger partial charge in [-0.05, 0) is 12.8 Å². The maximum Gasteiger partial charge on any atom is 0.220 e. The van der Waals surface area contributed by atoms with Gasteiger partial charge in [-0.15, -0.1) is 0 Å². The first-order chi connectivity index (χ1) is 36.8. The summed E-state index contributed by atoms with van der Waals surface area (Å²) in [5.41, 5.74) is 0. The fraction of sp³-hybridized carbons (Fsp3) is 0.982. The zero-order valence-corrected chi connectivity index (χ0v) is 46.8. The number of hydrogen-bond donors (Lipinski definition) is 12. The number of rotatable bonds is 45. The van der Waals surface area contributed by atoms with Crippen LogP contribution >= 0.6 is 0 Å². The number of carbonyl (C=O) groups is 1. The summed E-state index contributed by atoms with van der Waals surface area (Å²) in [7, 11) is 0. The van der Waals surface area contributed by atoms with E-state index in [9.17, 15) is 61.0 Å². The molecule has 1 amide bonds. The lowest BCUT2D eigenvalue weighted by Crippen LogP contribution is -2.66.